The molecule has 0 saturated heterocycles. The van der Waals surface area contributed by atoms with Crippen LogP contribution in [0.4, 0.5) is 0 Å². The fourth-order valence-corrected chi connectivity index (χ4v) is 4.00. The van der Waals surface area contributed by atoms with Gasteiger partial charge in [0.2, 0.25) is 11.5 Å². The van der Waals surface area contributed by atoms with Crippen molar-refractivity contribution in [3.63, 3.8) is 0 Å². The molecule has 0 amide bonds. The predicted octanol–water partition coefficient (Wildman–Crippen LogP) is 4.87. The van der Waals surface area contributed by atoms with E-state index in [1.807, 2.05) is 0 Å². The van der Waals surface area contributed by atoms with Crippen molar-refractivity contribution in [3.05, 3.63) is 70.5 Å². The van der Waals surface area contributed by atoms with Crippen LogP contribution in [0.15, 0.2) is 48.2 Å². The van der Waals surface area contributed by atoms with Crippen LogP contribution in [0.5, 0.6) is 40.2 Å². The Labute approximate surface area is 214 Å². The van der Waals surface area contributed by atoms with E-state index in [2.05, 4.69) is 0 Å². The summed E-state index contributed by atoms with van der Waals surface area (Å²) in [6, 6.07) is 11.4. The Morgan fingerprint density at radius 1 is 0.784 bits per heavy atom. The number of ether oxygens (including phenoxy) is 7. The van der Waals surface area contributed by atoms with Crippen LogP contribution in [-0.2, 0) is 0 Å². The van der Waals surface area contributed by atoms with Gasteiger partial charge in [0.15, 0.2) is 28.8 Å². The zero-order valence-corrected chi connectivity index (χ0v) is 21.3. The predicted molar refractivity (Wildman–Crippen MR) is 135 cm³/mol. The molecule has 3 aromatic carbocycles. The third kappa shape index (κ3) is 4.63. The molecule has 1 heterocycles. The Morgan fingerprint density at radius 2 is 1.43 bits per heavy atom. The Bertz CT molecular complexity index is 1380. The largest absolute Gasteiger partial charge is 0.493 e. The number of methoxy groups -OCH3 is 5. The second kappa shape index (κ2) is 10.5. The van der Waals surface area contributed by atoms with Gasteiger partial charge in [-0.3, -0.25) is 4.79 Å². The minimum atomic E-state index is -0.650. The van der Waals surface area contributed by atoms with E-state index in [-0.39, 0.29) is 22.9 Å². The Morgan fingerprint density at radius 3 is 2.03 bits per heavy atom. The molecule has 3 aromatic rings. The van der Waals surface area contributed by atoms with Gasteiger partial charge in [-0.05, 0) is 43.3 Å². The summed E-state index contributed by atoms with van der Waals surface area (Å²) in [6.07, 6.45) is 1.59. The normalized spacial score (nSPS) is 13.0. The van der Waals surface area contributed by atoms with Crippen molar-refractivity contribution in [1.82, 2.24) is 0 Å². The van der Waals surface area contributed by atoms with Crippen LogP contribution in [0.3, 0.4) is 0 Å². The van der Waals surface area contributed by atoms with Crippen LogP contribution in [0.25, 0.3) is 6.08 Å². The first-order chi connectivity index (χ1) is 17.9. The summed E-state index contributed by atoms with van der Waals surface area (Å²) < 4.78 is 38.3. The molecule has 1 aliphatic rings. The van der Waals surface area contributed by atoms with Gasteiger partial charge in [0, 0.05) is 11.1 Å². The van der Waals surface area contributed by atoms with Crippen LogP contribution in [0, 0.1) is 6.92 Å². The van der Waals surface area contributed by atoms with Crippen molar-refractivity contribution in [3.8, 4) is 40.2 Å². The third-order valence-electron chi connectivity index (χ3n) is 5.86. The van der Waals surface area contributed by atoms with Gasteiger partial charge in [0.1, 0.15) is 11.5 Å². The van der Waals surface area contributed by atoms with Crippen molar-refractivity contribution in [1.29, 1.82) is 0 Å². The molecule has 1 aliphatic heterocycles. The number of Topliss-reactive ketones (excluding diaryl/α,β-unsaturated/α-hetero) is 1. The fraction of sp³-hybridized carbons (Fsp3) is 0.214. The Balaban J connectivity index is 1.64. The number of hydrogen-bond acceptors (Lipinski definition) is 9. The molecule has 9 heteroatoms. The molecule has 192 valence electrons. The highest BCUT2D eigenvalue weighted by Crippen LogP contribution is 2.42. The lowest BCUT2D eigenvalue weighted by Gasteiger charge is -2.14. The molecular formula is C28H26O9. The molecule has 0 bridgehead atoms. The van der Waals surface area contributed by atoms with E-state index in [1.165, 1.54) is 47.7 Å². The van der Waals surface area contributed by atoms with Crippen molar-refractivity contribution in [2.24, 2.45) is 0 Å². The fourth-order valence-electron chi connectivity index (χ4n) is 4.00. The quantitative estimate of drug-likeness (QED) is 0.241. The second-order valence-electron chi connectivity index (χ2n) is 7.89. The number of benzene rings is 3. The molecule has 4 rings (SSSR count). The lowest BCUT2D eigenvalue weighted by atomic mass is 10.1. The van der Waals surface area contributed by atoms with E-state index in [0.29, 0.717) is 51.2 Å². The van der Waals surface area contributed by atoms with Gasteiger partial charge in [-0.15, -0.1) is 0 Å². The smallest absolute Gasteiger partial charge is 0.343 e. The van der Waals surface area contributed by atoms with E-state index < -0.39 is 5.97 Å². The molecule has 0 saturated carbocycles. The molecular weight excluding hydrogens is 480 g/mol. The van der Waals surface area contributed by atoms with Crippen LogP contribution in [0.1, 0.15) is 31.8 Å². The highest BCUT2D eigenvalue weighted by atomic mass is 16.5. The monoisotopic (exact) mass is 506 g/mol. The number of esters is 1. The minimum absolute atomic E-state index is 0.109. The van der Waals surface area contributed by atoms with Crippen molar-refractivity contribution >= 4 is 17.8 Å². The molecule has 37 heavy (non-hydrogen) atoms. The standard InChI is InChI=1S/C28H26O9/c1-15-19(37-28(30)17-13-22(32-3)27(35-6)23(14-17)33-4)11-10-18-24(29)21(36-25(15)18)12-16-8-7-9-20(31-2)26(16)34-5/h7-14H,1-6H3/b21-12-. The van der Waals surface area contributed by atoms with E-state index in [0.717, 1.165) is 0 Å². The summed E-state index contributed by atoms with van der Waals surface area (Å²) in [6.45, 7) is 1.71. The average molecular weight is 507 g/mol. The number of para-hydroxylation sites is 1. The minimum Gasteiger partial charge on any atom is -0.493 e. The lowest BCUT2D eigenvalue weighted by molar-refractivity contribution is 0.0732. The SMILES string of the molecule is COc1cccc(/C=C2\Oc3c(ccc(OC(=O)c4cc(OC)c(OC)c(OC)c4)c3C)C2=O)c1OC. The van der Waals surface area contributed by atoms with Crippen LogP contribution in [-0.4, -0.2) is 47.3 Å². The number of fused-ring (bicyclic) bond motifs is 1. The van der Waals surface area contributed by atoms with Gasteiger partial charge in [0.25, 0.3) is 0 Å². The van der Waals surface area contributed by atoms with Gasteiger partial charge in [-0.2, -0.15) is 0 Å². The van der Waals surface area contributed by atoms with Gasteiger partial charge in [-0.25, -0.2) is 4.79 Å². The van der Waals surface area contributed by atoms with Crippen molar-refractivity contribution in [2.45, 2.75) is 6.92 Å². The maximum Gasteiger partial charge on any atom is 0.343 e. The summed E-state index contributed by atoms with van der Waals surface area (Å²) in [7, 11) is 7.44. The Kier molecular flexibility index (Phi) is 7.24. The van der Waals surface area contributed by atoms with Gasteiger partial charge < -0.3 is 33.2 Å². The topological polar surface area (TPSA) is 98.8 Å². The molecule has 0 fully saturated rings. The molecule has 0 aromatic heterocycles. The number of carbonyl (C=O) groups excluding carboxylic acids is 2. The molecule has 0 radical (unpaired) electrons. The van der Waals surface area contributed by atoms with Gasteiger partial charge in [0.05, 0.1) is 46.7 Å². The first-order valence-electron chi connectivity index (χ1n) is 11.2. The molecule has 9 nitrogen and oxygen atoms in total. The summed E-state index contributed by atoms with van der Waals surface area (Å²) in [4.78, 5) is 26.0. The summed E-state index contributed by atoms with van der Waals surface area (Å²) in [5.41, 5.74) is 1.66. The highest BCUT2D eigenvalue weighted by Gasteiger charge is 2.31. The number of hydrogen-bond donors (Lipinski definition) is 0. The van der Waals surface area contributed by atoms with Crippen LogP contribution < -0.4 is 33.2 Å². The lowest BCUT2D eigenvalue weighted by Crippen LogP contribution is -2.10. The maximum absolute atomic E-state index is 13.1. The third-order valence-corrected chi connectivity index (χ3v) is 5.86. The number of carbonyl (C=O) groups is 2. The van der Waals surface area contributed by atoms with Gasteiger partial charge >= 0.3 is 5.97 Å². The molecule has 0 spiro atoms. The van der Waals surface area contributed by atoms with Crippen molar-refractivity contribution < 1.29 is 42.7 Å². The molecule has 0 unspecified atom stereocenters. The maximum atomic E-state index is 13.1. The van der Waals surface area contributed by atoms with Gasteiger partial charge in [-0.1, -0.05) is 12.1 Å². The molecule has 0 N–H and O–H groups in total. The number of ketones is 1. The molecule has 0 atom stereocenters. The van der Waals surface area contributed by atoms with Crippen LogP contribution in [0.2, 0.25) is 0 Å². The highest BCUT2D eigenvalue weighted by molar-refractivity contribution is 6.15. The molecule has 0 aliphatic carbocycles. The first kappa shape index (κ1) is 25.4. The summed E-state index contributed by atoms with van der Waals surface area (Å²) >= 11 is 0. The van der Waals surface area contributed by atoms with Crippen LogP contribution >= 0.6 is 0 Å². The zero-order chi connectivity index (χ0) is 26.7. The zero-order valence-electron chi connectivity index (χ0n) is 21.3. The van der Waals surface area contributed by atoms with Crippen molar-refractivity contribution in [2.75, 3.05) is 35.5 Å². The van der Waals surface area contributed by atoms with E-state index in [1.54, 1.807) is 43.3 Å². The van der Waals surface area contributed by atoms with E-state index in [4.69, 9.17) is 33.2 Å². The second-order valence-corrected chi connectivity index (χ2v) is 7.89. The average Bonchev–Trinajstić information content (AvgIpc) is 3.24. The van der Waals surface area contributed by atoms with E-state index >= 15 is 0 Å². The Hall–Kier alpha value is -4.66. The van der Waals surface area contributed by atoms with E-state index in [9.17, 15) is 9.59 Å². The summed E-state index contributed by atoms with van der Waals surface area (Å²) in [5.74, 6) is 1.70. The summed E-state index contributed by atoms with van der Waals surface area (Å²) in [5, 5.41) is 0. The number of rotatable bonds is 8. The first-order valence-corrected chi connectivity index (χ1v) is 11.2. The number of allylic oxidation sites excluding steroid dienone is 1.